The smallest absolute Gasteiger partial charge is 0.251 e. The Morgan fingerprint density at radius 1 is 1.19 bits per heavy atom. The molecule has 3 rings (SSSR count). The molecule has 0 aliphatic carbocycles. The Hall–Kier alpha value is -1.65. The lowest BCUT2D eigenvalue weighted by Gasteiger charge is -2.25. The fraction of sp³-hybridized carbons (Fsp3) is 0.235. The van der Waals surface area contributed by atoms with Crippen LogP contribution in [-0.4, -0.2) is 18.6 Å². The molecule has 1 amide bonds. The van der Waals surface area contributed by atoms with E-state index in [1.54, 1.807) is 6.07 Å². The number of hydrogen-bond acceptors (Lipinski definition) is 2. The van der Waals surface area contributed by atoms with Crippen LogP contribution in [0, 0.1) is 0 Å². The van der Waals surface area contributed by atoms with Gasteiger partial charge in [0.1, 0.15) is 0 Å². The standard InChI is InChI=1S/C17H16BrNO2/c18-15-7-3-6-13(8-15)17(20)19-10-16-9-12-4-1-2-5-14(12)11-21-16/h1-8,16H,9-11H2,(H,19,20). The van der Waals surface area contributed by atoms with Crippen LogP contribution in [0.4, 0.5) is 0 Å². The molecule has 1 aliphatic rings. The quantitative estimate of drug-likeness (QED) is 0.926. The second-order valence-corrected chi connectivity index (χ2v) is 6.04. The van der Waals surface area contributed by atoms with Crippen molar-refractivity contribution >= 4 is 21.8 Å². The van der Waals surface area contributed by atoms with Crippen LogP contribution in [0.25, 0.3) is 0 Å². The molecule has 0 saturated heterocycles. The van der Waals surface area contributed by atoms with Crippen molar-refractivity contribution in [1.82, 2.24) is 5.32 Å². The highest BCUT2D eigenvalue weighted by Crippen LogP contribution is 2.20. The van der Waals surface area contributed by atoms with Gasteiger partial charge in [0.05, 0.1) is 12.7 Å². The number of amides is 1. The third-order valence-electron chi connectivity index (χ3n) is 3.62. The molecular weight excluding hydrogens is 330 g/mol. The van der Waals surface area contributed by atoms with Gasteiger partial charge in [0.15, 0.2) is 0 Å². The first-order valence-corrected chi connectivity index (χ1v) is 7.74. The van der Waals surface area contributed by atoms with Gasteiger partial charge in [-0.15, -0.1) is 0 Å². The summed E-state index contributed by atoms with van der Waals surface area (Å²) in [7, 11) is 0. The van der Waals surface area contributed by atoms with Crippen molar-refractivity contribution < 1.29 is 9.53 Å². The van der Waals surface area contributed by atoms with E-state index >= 15 is 0 Å². The van der Waals surface area contributed by atoms with Gasteiger partial charge < -0.3 is 10.1 Å². The van der Waals surface area contributed by atoms with Crippen LogP contribution in [0.3, 0.4) is 0 Å². The van der Waals surface area contributed by atoms with Crippen LogP contribution in [-0.2, 0) is 17.8 Å². The van der Waals surface area contributed by atoms with Gasteiger partial charge in [-0.1, -0.05) is 46.3 Å². The largest absolute Gasteiger partial charge is 0.371 e. The lowest BCUT2D eigenvalue weighted by Crippen LogP contribution is -2.36. The van der Waals surface area contributed by atoms with Gasteiger partial charge in [-0.05, 0) is 29.3 Å². The van der Waals surface area contributed by atoms with Crippen molar-refractivity contribution in [2.75, 3.05) is 6.54 Å². The van der Waals surface area contributed by atoms with Crippen molar-refractivity contribution in [3.8, 4) is 0 Å². The van der Waals surface area contributed by atoms with Gasteiger partial charge >= 0.3 is 0 Å². The number of hydrogen-bond donors (Lipinski definition) is 1. The number of ether oxygens (including phenoxy) is 1. The van der Waals surface area contributed by atoms with Gasteiger partial charge in [-0.25, -0.2) is 0 Å². The monoisotopic (exact) mass is 345 g/mol. The molecule has 4 heteroatoms. The molecule has 0 spiro atoms. The van der Waals surface area contributed by atoms with E-state index in [0.717, 1.165) is 10.9 Å². The maximum atomic E-state index is 12.1. The van der Waals surface area contributed by atoms with Crippen LogP contribution >= 0.6 is 15.9 Å². The van der Waals surface area contributed by atoms with Crippen LogP contribution in [0.1, 0.15) is 21.5 Å². The molecule has 2 aromatic carbocycles. The zero-order chi connectivity index (χ0) is 14.7. The number of fused-ring (bicyclic) bond motifs is 1. The fourth-order valence-electron chi connectivity index (χ4n) is 2.48. The second-order valence-electron chi connectivity index (χ2n) is 5.13. The Morgan fingerprint density at radius 3 is 2.81 bits per heavy atom. The van der Waals surface area contributed by atoms with Gasteiger partial charge in [0.25, 0.3) is 5.91 Å². The highest BCUT2D eigenvalue weighted by molar-refractivity contribution is 9.10. The molecule has 1 atom stereocenters. The molecule has 21 heavy (non-hydrogen) atoms. The van der Waals surface area contributed by atoms with E-state index in [-0.39, 0.29) is 12.0 Å². The normalized spacial score (nSPS) is 17.1. The molecule has 0 saturated carbocycles. The van der Waals surface area contributed by atoms with E-state index in [0.29, 0.717) is 18.7 Å². The summed E-state index contributed by atoms with van der Waals surface area (Å²) in [5, 5.41) is 2.94. The van der Waals surface area contributed by atoms with E-state index in [9.17, 15) is 4.79 Å². The Bertz CT molecular complexity index is 657. The first-order chi connectivity index (χ1) is 10.2. The molecule has 0 aromatic heterocycles. The maximum Gasteiger partial charge on any atom is 0.251 e. The summed E-state index contributed by atoms with van der Waals surface area (Å²) < 4.78 is 6.69. The molecule has 2 aromatic rings. The van der Waals surface area contributed by atoms with Gasteiger partial charge in [0.2, 0.25) is 0 Å². The first-order valence-electron chi connectivity index (χ1n) is 6.94. The number of carbonyl (C=O) groups excluding carboxylic acids is 1. The van der Waals surface area contributed by atoms with Crippen LogP contribution < -0.4 is 5.32 Å². The molecule has 1 unspecified atom stereocenters. The molecule has 0 radical (unpaired) electrons. The van der Waals surface area contributed by atoms with Crippen molar-refractivity contribution in [3.63, 3.8) is 0 Å². The van der Waals surface area contributed by atoms with Gasteiger partial charge in [-0.3, -0.25) is 4.79 Å². The highest BCUT2D eigenvalue weighted by Gasteiger charge is 2.19. The molecule has 108 valence electrons. The molecule has 1 aliphatic heterocycles. The Balaban J connectivity index is 1.58. The van der Waals surface area contributed by atoms with Gasteiger partial charge in [-0.2, -0.15) is 0 Å². The molecule has 1 heterocycles. The average Bonchev–Trinajstić information content (AvgIpc) is 2.52. The van der Waals surface area contributed by atoms with E-state index in [2.05, 4.69) is 33.4 Å². The van der Waals surface area contributed by atoms with E-state index in [1.165, 1.54) is 11.1 Å². The maximum absolute atomic E-state index is 12.1. The van der Waals surface area contributed by atoms with Crippen molar-refractivity contribution in [2.24, 2.45) is 0 Å². The second kappa shape index (κ2) is 6.41. The Labute approximate surface area is 132 Å². The van der Waals surface area contributed by atoms with Crippen LogP contribution in [0.2, 0.25) is 0 Å². The zero-order valence-electron chi connectivity index (χ0n) is 11.5. The minimum atomic E-state index is -0.0706. The Kier molecular flexibility index (Phi) is 4.36. The van der Waals surface area contributed by atoms with Crippen molar-refractivity contribution in [1.29, 1.82) is 0 Å². The third kappa shape index (κ3) is 3.52. The zero-order valence-corrected chi connectivity index (χ0v) is 13.1. The lowest BCUT2D eigenvalue weighted by molar-refractivity contribution is 0.0285. The highest BCUT2D eigenvalue weighted by atomic mass is 79.9. The van der Waals surface area contributed by atoms with Crippen molar-refractivity contribution in [3.05, 3.63) is 69.7 Å². The number of carbonyl (C=O) groups is 1. The SMILES string of the molecule is O=C(NCC1Cc2ccccc2CO1)c1cccc(Br)c1. The Morgan fingerprint density at radius 2 is 2.00 bits per heavy atom. The molecule has 1 N–H and O–H groups in total. The number of nitrogens with one attached hydrogen (secondary N) is 1. The van der Waals surface area contributed by atoms with Crippen LogP contribution in [0.15, 0.2) is 53.0 Å². The number of halogens is 1. The summed E-state index contributed by atoms with van der Waals surface area (Å²) in [5.74, 6) is -0.0706. The minimum absolute atomic E-state index is 0.0380. The van der Waals surface area contributed by atoms with Crippen molar-refractivity contribution in [2.45, 2.75) is 19.1 Å². The fourth-order valence-corrected chi connectivity index (χ4v) is 2.88. The number of rotatable bonds is 3. The van der Waals surface area contributed by atoms with E-state index in [1.807, 2.05) is 30.3 Å². The number of benzene rings is 2. The summed E-state index contributed by atoms with van der Waals surface area (Å²) >= 11 is 3.37. The predicted octanol–water partition coefficient (Wildman–Crippen LogP) is 3.32. The van der Waals surface area contributed by atoms with E-state index < -0.39 is 0 Å². The first kappa shape index (κ1) is 14.3. The molecule has 3 nitrogen and oxygen atoms in total. The minimum Gasteiger partial charge on any atom is -0.371 e. The molecular formula is C17H16BrNO2. The lowest BCUT2D eigenvalue weighted by atomic mass is 9.99. The summed E-state index contributed by atoms with van der Waals surface area (Å²) in [4.78, 5) is 12.1. The predicted molar refractivity (Wildman–Crippen MR) is 85.2 cm³/mol. The summed E-state index contributed by atoms with van der Waals surface area (Å²) in [6.07, 6.45) is 0.880. The summed E-state index contributed by atoms with van der Waals surface area (Å²) in [6, 6.07) is 15.7. The molecule has 0 bridgehead atoms. The van der Waals surface area contributed by atoms with Crippen LogP contribution in [0.5, 0.6) is 0 Å². The summed E-state index contributed by atoms with van der Waals surface area (Å²) in [6.45, 7) is 1.15. The summed E-state index contributed by atoms with van der Waals surface area (Å²) in [5.41, 5.74) is 3.21. The molecule has 0 fully saturated rings. The third-order valence-corrected chi connectivity index (χ3v) is 4.11. The topological polar surface area (TPSA) is 38.3 Å². The van der Waals surface area contributed by atoms with Gasteiger partial charge in [0, 0.05) is 23.0 Å². The van der Waals surface area contributed by atoms with E-state index in [4.69, 9.17) is 4.74 Å². The average molecular weight is 346 g/mol.